The molecule has 0 amide bonds. The Morgan fingerprint density at radius 3 is 2.67 bits per heavy atom. The fourth-order valence-electron chi connectivity index (χ4n) is 1.30. The molecule has 15 heavy (non-hydrogen) atoms. The van der Waals surface area contributed by atoms with Crippen molar-refractivity contribution >= 4 is 6.29 Å². The second kappa shape index (κ2) is 7.15. The average Bonchev–Trinajstić information content (AvgIpc) is 2.31. The molecule has 0 aliphatic heterocycles. The Balaban J connectivity index is 2.31. The molecule has 0 heterocycles. The number of methoxy groups -OCH3 is 1. The highest BCUT2D eigenvalue weighted by Crippen LogP contribution is 2.06. The standard InChI is InChI=1S/C12H16O3/c1-14-10-15-12(9-13)8-7-11-5-3-2-4-6-11/h2-6,9,12H,7-8,10H2,1H3. The molecule has 0 aromatic heterocycles. The molecule has 1 aromatic carbocycles. The molecule has 1 aromatic rings. The van der Waals surface area contributed by atoms with Crippen LogP contribution in [0.1, 0.15) is 12.0 Å². The lowest BCUT2D eigenvalue weighted by Crippen LogP contribution is -2.17. The number of aldehydes is 1. The highest BCUT2D eigenvalue weighted by molar-refractivity contribution is 5.55. The number of carbonyl (C=O) groups is 1. The van der Waals surface area contributed by atoms with Gasteiger partial charge in [-0.15, -0.1) is 0 Å². The Hall–Kier alpha value is -1.19. The zero-order valence-electron chi connectivity index (χ0n) is 8.89. The van der Waals surface area contributed by atoms with Gasteiger partial charge in [-0.1, -0.05) is 30.3 Å². The van der Waals surface area contributed by atoms with E-state index in [0.717, 1.165) is 12.7 Å². The van der Waals surface area contributed by atoms with E-state index < -0.39 is 0 Å². The highest BCUT2D eigenvalue weighted by Gasteiger charge is 2.07. The molecule has 1 rings (SSSR count). The molecule has 3 nitrogen and oxygen atoms in total. The average molecular weight is 208 g/mol. The molecule has 0 bridgehead atoms. The van der Waals surface area contributed by atoms with Gasteiger partial charge in [0.25, 0.3) is 0 Å². The lowest BCUT2D eigenvalue weighted by Gasteiger charge is -2.10. The summed E-state index contributed by atoms with van der Waals surface area (Å²) in [5.74, 6) is 0. The molecule has 0 aliphatic rings. The molecular formula is C12H16O3. The fourth-order valence-corrected chi connectivity index (χ4v) is 1.30. The van der Waals surface area contributed by atoms with E-state index in [0.29, 0.717) is 6.42 Å². The first-order valence-electron chi connectivity index (χ1n) is 4.96. The third-order valence-electron chi connectivity index (χ3n) is 2.11. The second-order valence-corrected chi connectivity index (χ2v) is 3.27. The predicted octanol–water partition coefficient (Wildman–Crippen LogP) is 1.81. The molecule has 82 valence electrons. The monoisotopic (exact) mass is 208 g/mol. The maximum absolute atomic E-state index is 10.7. The summed E-state index contributed by atoms with van der Waals surface area (Å²) in [4.78, 5) is 10.7. The molecule has 0 fully saturated rings. The fraction of sp³-hybridized carbons (Fsp3) is 0.417. The van der Waals surface area contributed by atoms with Gasteiger partial charge >= 0.3 is 0 Å². The second-order valence-electron chi connectivity index (χ2n) is 3.27. The Morgan fingerprint density at radius 1 is 1.33 bits per heavy atom. The van der Waals surface area contributed by atoms with Crippen LogP contribution < -0.4 is 0 Å². The van der Waals surface area contributed by atoms with Crippen molar-refractivity contribution in [3.63, 3.8) is 0 Å². The third kappa shape index (κ3) is 4.72. The van der Waals surface area contributed by atoms with E-state index in [1.165, 1.54) is 5.56 Å². The van der Waals surface area contributed by atoms with Crippen LogP contribution in [0.2, 0.25) is 0 Å². The van der Waals surface area contributed by atoms with Crippen molar-refractivity contribution in [3.05, 3.63) is 35.9 Å². The molecule has 0 radical (unpaired) electrons. The normalized spacial score (nSPS) is 12.3. The van der Waals surface area contributed by atoms with Crippen LogP contribution in [0, 0.1) is 0 Å². The summed E-state index contributed by atoms with van der Waals surface area (Å²) in [5.41, 5.74) is 1.21. The number of aryl methyl sites for hydroxylation is 1. The molecule has 1 atom stereocenters. The van der Waals surface area contributed by atoms with Crippen molar-refractivity contribution in [2.24, 2.45) is 0 Å². The number of rotatable bonds is 7. The van der Waals surface area contributed by atoms with E-state index in [4.69, 9.17) is 9.47 Å². The van der Waals surface area contributed by atoms with Crippen molar-refractivity contribution in [1.82, 2.24) is 0 Å². The van der Waals surface area contributed by atoms with Crippen LogP contribution in [0.15, 0.2) is 30.3 Å². The maximum atomic E-state index is 10.7. The molecular weight excluding hydrogens is 192 g/mol. The predicted molar refractivity (Wildman–Crippen MR) is 57.6 cm³/mol. The number of hydrogen-bond acceptors (Lipinski definition) is 3. The minimum atomic E-state index is -0.370. The SMILES string of the molecule is COCOC(C=O)CCc1ccccc1. The molecule has 0 saturated heterocycles. The van der Waals surface area contributed by atoms with E-state index in [1.54, 1.807) is 7.11 Å². The largest absolute Gasteiger partial charge is 0.359 e. The van der Waals surface area contributed by atoms with Gasteiger partial charge in [0.1, 0.15) is 19.2 Å². The summed E-state index contributed by atoms with van der Waals surface area (Å²) in [6.07, 6.45) is 1.98. The van der Waals surface area contributed by atoms with Crippen molar-refractivity contribution in [3.8, 4) is 0 Å². The number of benzene rings is 1. The van der Waals surface area contributed by atoms with Crippen LogP contribution in [0.5, 0.6) is 0 Å². The van der Waals surface area contributed by atoms with Gasteiger partial charge in [-0.2, -0.15) is 0 Å². The lowest BCUT2D eigenvalue weighted by atomic mass is 10.1. The molecule has 0 N–H and O–H groups in total. The number of ether oxygens (including phenoxy) is 2. The van der Waals surface area contributed by atoms with Crippen molar-refractivity contribution in [2.45, 2.75) is 18.9 Å². The summed E-state index contributed by atoms with van der Waals surface area (Å²) in [6, 6.07) is 10.0. The number of carbonyl (C=O) groups excluding carboxylic acids is 1. The Labute approximate surface area is 90.0 Å². The van der Waals surface area contributed by atoms with Crippen LogP contribution in [0.4, 0.5) is 0 Å². The third-order valence-corrected chi connectivity index (χ3v) is 2.11. The summed E-state index contributed by atoms with van der Waals surface area (Å²) in [5, 5.41) is 0. The summed E-state index contributed by atoms with van der Waals surface area (Å²) in [7, 11) is 1.54. The first-order valence-corrected chi connectivity index (χ1v) is 4.96. The van der Waals surface area contributed by atoms with Crippen molar-refractivity contribution < 1.29 is 14.3 Å². The molecule has 0 spiro atoms. The van der Waals surface area contributed by atoms with Gasteiger partial charge in [-0.3, -0.25) is 0 Å². The van der Waals surface area contributed by atoms with Gasteiger partial charge in [-0.25, -0.2) is 0 Å². The zero-order chi connectivity index (χ0) is 10.9. The smallest absolute Gasteiger partial charge is 0.148 e. The molecule has 0 saturated carbocycles. The molecule has 3 heteroatoms. The molecule has 0 aliphatic carbocycles. The van der Waals surface area contributed by atoms with Gasteiger partial charge < -0.3 is 14.3 Å². The van der Waals surface area contributed by atoms with Crippen molar-refractivity contribution in [1.29, 1.82) is 0 Å². The quantitative estimate of drug-likeness (QED) is 0.506. The minimum Gasteiger partial charge on any atom is -0.359 e. The van der Waals surface area contributed by atoms with E-state index in [9.17, 15) is 4.79 Å². The topological polar surface area (TPSA) is 35.5 Å². The van der Waals surface area contributed by atoms with Gasteiger partial charge in [0.05, 0.1) is 0 Å². The first-order chi connectivity index (χ1) is 7.36. The summed E-state index contributed by atoms with van der Waals surface area (Å²) in [6.45, 7) is 0.165. The van der Waals surface area contributed by atoms with Crippen LogP contribution in [-0.4, -0.2) is 26.3 Å². The van der Waals surface area contributed by atoms with Gasteiger partial charge in [0.2, 0.25) is 0 Å². The number of hydrogen-bond donors (Lipinski definition) is 0. The lowest BCUT2D eigenvalue weighted by molar-refractivity contribution is -0.128. The van der Waals surface area contributed by atoms with E-state index in [-0.39, 0.29) is 12.9 Å². The van der Waals surface area contributed by atoms with Crippen LogP contribution in [-0.2, 0) is 20.7 Å². The van der Waals surface area contributed by atoms with Crippen LogP contribution in [0.3, 0.4) is 0 Å². The molecule has 1 unspecified atom stereocenters. The maximum Gasteiger partial charge on any atom is 0.148 e. The van der Waals surface area contributed by atoms with Gasteiger partial charge in [-0.05, 0) is 18.4 Å². The van der Waals surface area contributed by atoms with Crippen LogP contribution in [0.25, 0.3) is 0 Å². The van der Waals surface area contributed by atoms with E-state index in [1.807, 2.05) is 30.3 Å². The Morgan fingerprint density at radius 2 is 2.07 bits per heavy atom. The zero-order valence-corrected chi connectivity index (χ0v) is 8.89. The summed E-state index contributed by atoms with van der Waals surface area (Å²) >= 11 is 0. The highest BCUT2D eigenvalue weighted by atomic mass is 16.7. The van der Waals surface area contributed by atoms with Gasteiger partial charge in [0.15, 0.2) is 0 Å². The van der Waals surface area contributed by atoms with E-state index in [2.05, 4.69) is 0 Å². The van der Waals surface area contributed by atoms with E-state index >= 15 is 0 Å². The first kappa shape index (κ1) is 11.9. The van der Waals surface area contributed by atoms with Crippen LogP contribution >= 0.6 is 0 Å². The van der Waals surface area contributed by atoms with Crippen molar-refractivity contribution in [2.75, 3.05) is 13.9 Å². The Bertz CT molecular complexity index is 271. The Kier molecular flexibility index (Phi) is 5.66. The minimum absolute atomic E-state index is 0.165. The van der Waals surface area contributed by atoms with Gasteiger partial charge in [0, 0.05) is 7.11 Å². The summed E-state index contributed by atoms with van der Waals surface area (Å²) < 4.78 is 9.92.